The maximum Gasteiger partial charge on any atom is 0.192 e. The van der Waals surface area contributed by atoms with Gasteiger partial charge in [-0.05, 0) is 78.4 Å². The van der Waals surface area contributed by atoms with Crippen LogP contribution in [0, 0.1) is 41.2 Å². The van der Waals surface area contributed by atoms with Crippen molar-refractivity contribution in [3.63, 3.8) is 0 Å². The van der Waals surface area contributed by atoms with Gasteiger partial charge in [-0.2, -0.15) is 10.5 Å². The Morgan fingerprint density at radius 1 is 1.06 bits per heavy atom. The standard InChI is InChI=1S/C25H27ClF2N2OSi/c1-14-18(11-21(28)24(26)20(14)13-30)17-7-8-22(31-32(5,6)25(2,3)4)19-10-16(27)9-15(12-29)23(17)19/h9-11,17,22H,7-8H2,1-6H3/t17-,22-/m1/s1. The molecule has 0 aromatic heterocycles. The second-order valence-electron chi connectivity index (χ2n) is 9.94. The molecule has 32 heavy (non-hydrogen) atoms. The highest BCUT2D eigenvalue weighted by atomic mass is 35.5. The summed E-state index contributed by atoms with van der Waals surface area (Å²) in [7, 11) is -2.17. The third-order valence-electron chi connectivity index (χ3n) is 6.96. The zero-order chi connectivity index (χ0) is 24.0. The van der Waals surface area contributed by atoms with E-state index in [-0.39, 0.29) is 33.2 Å². The SMILES string of the molecule is Cc1c([C@H]2CC[C@@H](O[Si](C)(C)C(C)(C)C)c3cc(F)cc(C#N)c32)cc(F)c(Cl)c1C#N. The molecule has 0 saturated carbocycles. The van der Waals surface area contributed by atoms with Crippen LogP contribution in [0.2, 0.25) is 23.2 Å². The molecule has 0 unspecified atom stereocenters. The smallest absolute Gasteiger partial charge is 0.192 e. The van der Waals surface area contributed by atoms with Crippen LogP contribution < -0.4 is 0 Å². The number of hydrogen-bond donors (Lipinski definition) is 0. The van der Waals surface area contributed by atoms with E-state index in [1.165, 1.54) is 18.2 Å². The molecule has 1 aliphatic carbocycles. The first-order valence-corrected chi connectivity index (χ1v) is 13.9. The third kappa shape index (κ3) is 4.20. The molecule has 0 saturated heterocycles. The molecule has 0 N–H and O–H groups in total. The van der Waals surface area contributed by atoms with E-state index in [1.807, 2.05) is 6.07 Å². The Morgan fingerprint density at radius 3 is 2.28 bits per heavy atom. The van der Waals surface area contributed by atoms with Crippen LogP contribution in [0.5, 0.6) is 0 Å². The number of rotatable bonds is 3. The van der Waals surface area contributed by atoms with Gasteiger partial charge in [-0.15, -0.1) is 0 Å². The first-order valence-electron chi connectivity index (χ1n) is 10.6. The Morgan fingerprint density at radius 2 is 1.72 bits per heavy atom. The lowest BCUT2D eigenvalue weighted by Crippen LogP contribution is -2.42. The van der Waals surface area contributed by atoms with Gasteiger partial charge in [0.2, 0.25) is 0 Å². The first-order chi connectivity index (χ1) is 14.8. The highest BCUT2D eigenvalue weighted by Gasteiger charge is 2.42. The Bertz CT molecular complexity index is 1160. The maximum absolute atomic E-state index is 14.6. The summed E-state index contributed by atoms with van der Waals surface area (Å²) in [5.41, 5.74) is 2.75. The highest BCUT2D eigenvalue weighted by molar-refractivity contribution is 6.74. The van der Waals surface area contributed by atoms with Crippen molar-refractivity contribution in [1.82, 2.24) is 0 Å². The van der Waals surface area contributed by atoms with E-state index in [4.69, 9.17) is 16.0 Å². The minimum atomic E-state index is -2.17. The van der Waals surface area contributed by atoms with Crippen molar-refractivity contribution in [3.05, 3.63) is 68.2 Å². The lowest BCUT2D eigenvalue weighted by Gasteiger charge is -2.42. The summed E-state index contributed by atoms with van der Waals surface area (Å²) in [4.78, 5) is 0. The van der Waals surface area contributed by atoms with E-state index in [1.54, 1.807) is 6.92 Å². The van der Waals surface area contributed by atoms with Crippen LogP contribution in [-0.2, 0) is 4.43 Å². The van der Waals surface area contributed by atoms with Crippen molar-refractivity contribution >= 4 is 19.9 Å². The van der Waals surface area contributed by atoms with Gasteiger partial charge in [-0.1, -0.05) is 32.4 Å². The second-order valence-corrected chi connectivity index (χ2v) is 15.1. The fourth-order valence-electron chi connectivity index (χ4n) is 4.20. The van der Waals surface area contributed by atoms with Crippen LogP contribution in [0.4, 0.5) is 8.78 Å². The summed E-state index contributed by atoms with van der Waals surface area (Å²) in [5, 5.41) is 19.1. The molecule has 1 aliphatic rings. The summed E-state index contributed by atoms with van der Waals surface area (Å²) in [6.45, 7) is 12.4. The third-order valence-corrected chi connectivity index (χ3v) is 11.8. The van der Waals surface area contributed by atoms with Crippen molar-refractivity contribution in [2.24, 2.45) is 0 Å². The van der Waals surface area contributed by atoms with E-state index in [0.29, 0.717) is 35.1 Å². The molecule has 0 spiro atoms. The topological polar surface area (TPSA) is 56.8 Å². The molecule has 2 aromatic carbocycles. The molecule has 3 nitrogen and oxygen atoms in total. The molecular weight excluding hydrogens is 446 g/mol. The van der Waals surface area contributed by atoms with E-state index >= 15 is 0 Å². The molecule has 168 valence electrons. The van der Waals surface area contributed by atoms with Gasteiger partial charge in [-0.25, -0.2) is 8.78 Å². The molecule has 0 bridgehead atoms. The largest absolute Gasteiger partial charge is 0.410 e. The van der Waals surface area contributed by atoms with Gasteiger partial charge < -0.3 is 4.43 Å². The van der Waals surface area contributed by atoms with E-state index < -0.39 is 20.0 Å². The number of nitrogens with zero attached hydrogens (tertiary/aromatic N) is 2. The van der Waals surface area contributed by atoms with E-state index in [0.717, 1.165) is 0 Å². The predicted molar refractivity (Wildman–Crippen MR) is 124 cm³/mol. The van der Waals surface area contributed by atoms with Crippen LogP contribution in [0.3, 0.4) is 0 Å². The monoisotopic (exact) mass is 472 g/mol. The second kappa shape index (κ2) is 8.59. The molecule has 0 aliphatic heterocycles. The van der Waals surface area contributed by atoms with Crippen molar-refractivity contribution in [2.45, 2.75) is 70.7 Å². The van der Waals surface area contributed by atoms with Crippen LogP contribution in [0.25, 0.3) is 0 Å². The minimum Gasteiger partial charge on any atom is -0.410 e. The number of nitriles is 2. The fraction of sp³-hybridized carbons (Fsp3) is 0.440. The molecule has 2 aromatic rings. The molecule has 2 atom stereocenters. The van der Waals surface area contributed by atoms with Gasteiger partial charge >= 0.3 is 0 Å². The fourth-order valence-corrected chi connectivity index (χ4v) is 5.75. The quantitative estimate of drug-likeness (QED) is 0.431. The normalized spacial score (nSPS) is 18.6. The number of benzene rings is 2. The summed E-state index contributed by atoms with van der Waals surface area (Å²) >= 11 is 6.01. The van der Waals surface area contributed by atoms with Crippen molar-refractivity contribution in [3.8, 4) is 12.1 Å². The minimum absolute atomic E-state index is 0.0347. The van der Waals surface area contributed by atoms with Crippen LogP contribution >= 0.6 is 11.6 Å². The molecule has 0 amide bonds. The Labute approximate surface area is 194 Å². The molecule has 0 radical (unpaired) electrons. The molecule has 7 heteroatoms. The van der Waals surface area contributed by atoms with Gasteiger partial charge in [0.25, 0.3) is 0 Å². The van der Waals surface area contributed by atoms with Crippen LogP contribution in [-0.4, -0.2) is 8.32 Å². The van der Waals surface area contributed by atoms with Gasteiger partial charge in [0.15, 0.2) is 8.32 Å². The van der Waals surface area contributed by atoms with Gasteiger partial charge in [0.05, 0.1) is 28.3 Å². The lowest BCUT2D eigenvalue weighted by molar-refractivity contribution is 0.159. The van der Waals surface area contributed by atoms with Gasteiger partial charge in [-0.3, -0.25) is 0 Å². The maximum atomic E-state index is 14.6. The summed E-state index contributed by atoms with van der Waals surface area (Å²) < 4.78 is 35.7. The Hall–Kier alpha value is -2.25. The number of hydrogen-bond acceptors (Lipinski definition) is 3. The van der Waals surface area contributed by atoms with Crippen LogP contribution in [0.15, 0.2) is 18.2 Å². The zero-order valence-corrected chi connectivity index (χ0v) is 21.0. The summed E-state index contributed by atoms with van der Waals surface area (Å²) in [6.07, 6.45) is 0.835. The summed E-state index contributed by atoms with van der Waals surface area (Å²) in [6, 6.07) is 8.09. The molecular formula is C25H27ClF2N2OSi. The Balaban J connectivity index is 2.22. The number of halogens is 3. The van der Waals surface area contributed by atoms with E-state index in [2.05, 4.69) is 39.9 Å². The average Bonchev–Trinajstić information content (AvgIpc) is 2.70. The lowest BCUT2D eigenvalue weighted by atomic mass is 9.74. The van der Waals surface area contributed by atoms with Crippen molar-refractivity contribution in [1.29, 1.82) is 10.5 Å². The zero-order valence-electron chi connectivity index (χ0n) is 19.2. The summed E-state index contributed by atoms with van der Waals surface area (Å²) in [5.74, 6) is -1.54. The average molecular weight is 473 g/mol. The van der Waals surface area contributed by atoms with E-state index in [9.17, 15) is 19.3 Å². The molecule has 0 heterocycles. The van der Waals surface area contributed by atoms with Crippen molar-refractivity contribution in [2.75, 3.05) is 0 Å². The molecule has 0 fully saturated rings. The number of fused-ring (bicyclic) bond motifs is 1. The first kappa shape index (κ1) is 24.4. The van der Waals surface area contributed by atoms with Crippen molar-refractivity contribution < 1.29 is 13.2 Å². The van der Waals surface area contributed by atoms with Gasteiger partial charge in [0.1, 0.15) is 17.7 Å². The Kier molecular flexibility index (Phi) is 6.55. The van der Waals surface area contributed by atoms with Gasteiger partial charge in [0, 0.05) is 5.92 Å². The molecule has 3 rings (SSSR count). The highest BCUT2D eigenvalue weighted by Crippen LogP contribution is 2.49. The predicted octanol–water partition coefficient (Wildman–Crippen LogP) is 7.66. The van der Waals surface area contributed by atoms with Crippen LogP contribution in [0.1, 0.15) is 79.0 Å².